The summed E-state index contributed by atoms with van der Waals surface area (Å²) in [6.07, 6.45) is 2.43. The number of rotatable bonds is 4. The lowest BCUT2D eigenvalue weighted by atomic mass is 10.2. The van der Waals surface area contributed by atoms with E-state index < -0.39 is 0 Å². The summed E-state index contributed by atoms with van der Waals surface area (Å²) in [7, 11) is 0. The van der Waals surface area contributed by atoms with Crippen LogP contribution in [0.2, 0.25) is 0 Å². The van der Waals surface area contributed by atoms with E-state index in [0.717, 1.165) is 19.4 Å². The Kier molecular flexibility index (Phi) is 3.22. The number of amides is 2. The molecule has 1 aliphatic heterocycles. The average molecular weight is 170 g/mol. The standard InChI is InChI=1S/C8H14N2O2/c1-2-3-4-9-6-5-7(11)10-8(6)12/h6,9H,2-5H2,1H3,(H,10,11,12). The highest BCUT2D eigenvalue weighted by Crippen LogP contribution is 2.00. The van der Waals surface area contributed by atoms with E-state index in [2.05, 4.69) is 17.6 Å². The highest BCUT2D eigenvalue weighted by atomic mass is 16.2. The predicted octanol–water partition coefficient (Wildman–Crippen LogP) is -0.209. The van der Waals surface area contributed by atoms with Crippen molar-refractivity contribution < 1.29 is 9.59 Å². The molecule has 0 aromatic carbocycles. The smallest absolute Gasteiger partial charge is 0.244 e. The van der Waals surface area contributed by atoms with Gasteiger partial charge >= 0.3 is 0 Å². The van der Waals surface area contributed by atoms with Crippen molar-refractivity contribution >= 4 is 11.8 Å². The van der Waals surface area contributed by atoms with Crippen LogP contribution in [0.25, 0.3) is 0 Å². The van der Waals surface area contributed by atoms with E-state index in [-0.39, 0.29) is 17.9 Å². The van der Waals surface area contributed by atoms with E-state index in [1.54, 1.807) is 0 Å². The summed E-state index contributed by atoms with van der Waals surface area (Å²) in [6.45, 7) is 2.89. The third-order valence-corrected chi connectivity index (χ3v) is 1.89. The fourth-order valence-electron chi connectivity index (χ4n) is 1.17. The van der Waals surface area contributed by atoms with Crippen LogP contribution in [0.1, 0.15) is 26.2 Å². The molecular weight excluding hydrogens is 156 g/mol. The van der Waals surface area contributed by atoms with Crippen molar-refractivity contribution in [2.75, 3.05) is 6.54 Å². The van der Waals surface area contributed by atoms with Crippen molar-refractivity contribution in [2.24, 2.45) is 0 Å². The third-order valence-electron chi connectivity index (χ3n) is 1.89. The summed E-state index contributed by atoms with van der Waals surface area (Å²) in [5.41, 5.74) is 0. The van der Waals surface area contributed by atoms with Crippen molar-refractivity contribution in [3.8, 4) is 0 Å². The highest BCUT2D eigenvalue weighted by Gasteiger charge is 2.29. The molecule has 0 aromatic heterocycles. The minimum absolute atomic E-state index is 0.172. The molecule has 4 heteroatoms. The first-order valence-corrected chi connectivity index (χ1v) is 4.31. The summed E-state index contributed by atoms with van der Waals surface area (Å²) < 4.78 is 0. The summed E-state index contributed by atoms with van der Waals surface area (Å²) in [4.78, 5) is 21.7. The predicted molar refractivity (Wildman–Crippen MR) is 44.5 cm³/mol. The Morgan fingerprint density at radius 1 is 1.58 bits per heavy atom. The van der Waals surface area contributed by atoms with Crippen LogP contribution < -0.4 is 10.6 Å². The highest BCUT2D eigenvalue weighted by molar-refractivity contribution is 6.05. The molecule has 1 fully saturated rings. The van der Waals surface area contributed by atoms with E-state index in [1.807, 2.05) is 0 Å². The molecule has 1 rings (SSSR count). The Morgan fingerprint density at radius 3 is 2.83 bits per heavy atom. The molecule has 1 atom stereocenters. The molecule has 0 saturated carbocycles. The summed E-state index contributed by atoms with van der Waals surface area (Å²) in [5, 5.41) is 5.28. The lowest BCUT2D eigenvalue weighted by Crippen LogP contribution is -2.36. The number of unbranched alkanes of at least 4 members (excludes halogenated alkanes) is 1. The monoisotopic (exact) mass is 170 g/mol. The van der Waals surface area contributed by atoms with Gasteiger partial charge in [0.25, 0.3) is 0 Å². The zero-order valence-electron chi connectivity index (χ0n) is 7.22. The van der Waals surface area contributed by atoms with E-state index in [1.165, 1.54) is 0 Å². The van der Waals surface area contributed by atoms with Crippen LogP contribution in [0.5, 0.6) is 0 Å². The second kappa shape index (κ2) is 4.21. The maximum Gasteiger partial charge on any atom is 0.244 e. The van der Waals surface area contributed by atoms with Crippen molar-refractivity contribution in [3.63, 3.8) is 0 Å². The summed E-state index contributed by atoms with van der Waals surface area (Å²) in [6, 6.07) is -0.288. The van der Waals surface area contributed by atoms with Gasteiger partial charge in [-0.1, -0.05) is 13.3 Å². The SMILES string of the molecule is CCCCNC1CC(=O)NC1=O. The zero-order valence-corrected chi connectivity index (χ0v) is 7.22. The van der Waals surface area contributed by atoms with Gasteiger partial charge in [0.15, 0.2) is 0 Å². The molecule has 0 spiro atoms. The second-order valence-electron chi connectivity index (χ2n) is 2.98. The number of hydrogen-bond acceptors (Lipinski definition) is 3. The Hall–Kier alpha value is -0.900. The topological polar surface area (TPSA) is 58.2 Å². The van der Waals surface area contributed by atoms with Gasteiger partial charge in [-0.25, -0.2) is 0 Å². The molecule has 1 saturated heterocycles. The Labute approximate surface area is 71.7 Å². The van der Waals surface area contributed by atoms with Crippen LogP contribution in [0.3, 0.4) is 0 Å². The molecule has 1 heterocycles. The number of carbonyl (C=O) groups is 2. The van der Waals surface area contributed by atoms with Gasteiger partial charge in [0, 0.05) is 0 Å². The molecule has 0 bridgehead atoms. The average Bonchev–Trinajstić information content (AvgIpc) is 2.31. The van der Waals surface area contributed by atoms with E-state index >= 15 is 0 Å². The van der Waals surface area contributed by atoms with Crippen LogP contribution in [0.15, 0.2) is 0 Å². The number of hydrogen-bond donors (Lipinski definition) is 2. The van der Waals surface area contributed by atoms with Gasteiger partial charge < -0.3 is 5.32 Å². The Balaban J connectivity index is 2.24. The van der Waals surface area contributed by atoms with Crippen LogP contribution in [-0.2, 0) is 9.59 Å². The van der Waals surface area contributed by atoms with E-state index in [0.29, 0.717) is 6.42 Å². The first-order valence-electron chi connectivity index (χ1n) is 4.31. The summed E-state index contributed by atoms with van der Waals surface area (Å²) >= 11 is 0. The minimum atomic E-state index is -0.288. The molecule has 1 aliphatic rings. The van der Waals surface area contributed by atoms with Gasteiger partial charge in [0.2, 0.25) is 11.8 Å². The molecular formula is C8H14N2O2. The fourth-order valence-corrected chi connectivity index (χ4v) is 1.17. The molecule has 68 valence electrons. The number of imide groups is 1. The Morgan fingerprint density at radius 2 is 2.33 bits per heavy atom. The maximum absolute atomic E-state index is 11.0. The molecule has 0 aliphatic carbocycles. The van der Waals surface area contributed by atoms with Gasteiger partial charge in [-0.15, -0.1) is 0 Å². The molecule has 4 nitrogen and oxygen atoms in total. The van der Waals surface area contributed by atoms with Crippen LogP contribution >= 0.6 is 0 Å². The molecule has 2 N–H and O–H groups in total. The first kappa shape index (κ1) is 9.19. The van der Waals surface area contributed by atoms with Crippen LogP contribution in [-0.4, -0.2) is 24.4 Å². The maximum atomic E-state index is 11.0. The lowest BCUT2D eigenvalue weighted by Gasteiger charge is -2.06. The van der Waals surface area contributed by atoms with Crippen molar-refractivity contribution in [1.82, 2.24) is 10.6 Å². The van der Waals surface area contributed by atoms with Crippen molar-refractivity contribution in [3.05, 3.63) is 0 Å². The van der Waals surface area contributed by atoms with Gasteiger partial charge in [-0.2, -0.15) is 0 Å². The second-order valence-corrected chi connectivity index (χ2v) is 2.98. The van der Waals surface area contributed by atoms with Gasteiger partial charge in [-0.3, -0.25) is 14.9 Å². The number of nitrogens with one attached hydrogen (secondary N) is 2. The van der Waals surface area contributed by atoms with Crippen LogP contribution in [0.4, 0.5) is 0 Å². The third kappa shape index (κ3) is 2.30. The summed E-state index contributed by atoms with van der Waals surface area (Å²) in [5.74, 6) is -0.356. The Bertz CT molecular complexity index is 191. The molecule has 0 radical (unpaired) electrons. The van der Waals surface area contributed by atoms with Gasteiger partial charge in [0.1, 0.15) is 0 Å². The molecule has 12 heavy (non-hydrogen) atoms. The largest absolute Gasteiger partial charge is 0.305 e. The van der Waals surface area contributed by atoms with E-state index in [4.69, 9.17) is 0 Å². The van der Waals surface area contributed by atoms with Gasteiger partial charge in [-0.05, 0) is 13.0 Å². The van der Waals surface area contributed by atoms with Crippen molar-refractivity contribution in [1.29, 1.82) is 0 Å². The normalized spacial score (nSPS) is 22.9. The van der Waals surface area contributed by atoms with Gasteiger partial charge in [0.05, 0.1) is 12.5 Å². The molecule has 0 aromatic rings. The first-order chi connectivity index (χ1) is 5.74. The fraction of sp³-hybridized carbons (Fsp3) is 0.750. The van der Waals surface area contributed by atoms with E-state index in [9.17, 15) is 9.59 Å². The minimum Gasteiger partial charge on any atom is -0.305 e. The molecule has 2 amide bonds. The number of carbonyl (C=O) groups excluding carboxylic acids is 2. The van der Waals surface area contributed by atoms with Crippen molar-refractivity contribution in [2.45, 2.75) is 32.2 Å². The molecule has 1 unspecified atom stereocenters. The lowest BCUT2D eigenvalue weighted by molar-refractivity contribution is -0.125. The zero-order chi connectivity index (χ0) is 8.97. The quantitative estimate of drug-likeness (QED) is 0.453. The van der Waals surface area contributed by atoms with Crippen LogP contribution in [0, 0.1) is 0 Å².